The molecule has 246 valence electrons. The monoisotopic (exact) mass is 677 g/mol. The van der Waals surface area contributed by atoms with Crippen LogP contribution in [0.3, 0.4) is 0 Å². The first-order valence-corrected chi connectivity index (χ1v) is 16.2. The van der Waals surface area contributed by atoms with Gasteiger partial charge in [0.2, 0.25) is 5.88 Å². The van der Waals surface area contributed by atoms with E-state index < -0.39 is 6.09 Å². The number of aromatic nitrogens is 2. The highest BCUT2D eigenvalue weighted by atomic mass is 35.5. The molecule has 1 aliphatic heterocycles. The Morgan fingerprint density at radius 2 is 1.64 bits per heavy atom. The standard InChI is InChI=1S/C35H37Cl2N5O5/c1-3-45-34(43)11-12-41-13-15-42(16-14-41)32-10-9-30(22-38-32)47-33-18-26(17-31(39-33)27-19-28(36)21-29(37)20-27)23-40(2)35(44)46-24-25-7-5-4-6-8-25/h4-10,17-22H,3,11-16,23-24H2,1-2H3. The van der Waals surface area contributed by atoms with Gasteiger partial charge in [0.05, 0.1) is 24.9 Å². The second-order valence-electron chi connectivity index (χ2n) is 11.1. The van der Waals surface area contributed by atoms with Crippen molar-refractivity contribution in [2.24, 2.45) is 0 Å². The molecule has 0 aliphatic carbocycles. The van der Waals surface area contributed by atoms with Crippen LogP contribution in [0.5, 0.6) is 11.6 Å². The number of halogens is 2. The molecule has 2 aromatic carbocycles. The minimum atomic E-state index is -0.458. The highest BCUT2D eigenvalue weighted by molar-refractivity contribution is 6.35. The van der Waals surface area contributed by atoms with Gasteiger partial charge in [0.1, 0.15) is 18.2 Å². The van der Waals surface area contributed by atoms with Crippen molar-refractivity contribution in [2.45, 2.75) is 26.5 Å². The molecule has 0 spiro atoms. The summed E-state index contributed by atoms with van der Waals surface area (Å²) >= 11 is 12.6. The Morgan fingerprint density at radius 1 is 0.894 bits per heavy atom. The van der Waals surface area contributed by atoms with E-state index in [4.69, 9.17) is 42.4 Å². The molecule has 0 saturated carbocycles. The average Bonchev–Trinajstić information content (AvgIpc) is 3.07. The van der Waals surface area contributed by atoms with Gasteiger partial charge in [-0.3, -0.25) is 9.69 Å². The molecule has 0 N–H and O–H groups in total. The third-order valence-corrected chi connectivity index (χ3v) is 7.97. The molecular formula is C35H37Cl2N5O5. The lowest BCUT2D eigenvalue weighted by molar-refractivity contribution is -0.143. The van der Waals surface area contributed by atoms with E-state index in [1.54, 1.807) is 37.5 Å². The van der Waals surface area contributed by atoms with Crippen LogP contribution in [0.2, 0.25) is 10.0 Å². The summed E-state index contributed by atoms with van der Waals surface area (Å²) in [5.74, 6) is 1.51. The molecule has 3 heterocycles. The van der Waals surface area contributed by atoms with Crippen molar-refractivity contribution in [1.29, 1.82) is 0 Å². The summed E-state index contributed by atoms with van der Waals surface area (Å²) < 4.78 is 16.7. The van der Waals surface area contributed by atoms with Crippen molar-refractivity contribution >= 4 is 41.1 Å². The van der Waals surface area contributed by atoms with Crippen LogP contribution in [0, 0.1) is 0 Å². The van der Waals surface area contributed by atoms with Crippen molar-refractivity contribution < 1.29 is 23.8 Å². The topological polar surface area (TPSA) is 97.3 Å². The molecule has 5 rings (SSSR count). The Hall–Kier alpha value is -4.38. The fraction of sp³-hybridized carbons (Fsp3) is 0.314. The lowest BCUT2D eigenvalue weighted by Crippen LogP contribution is -2.47. The van der Waals surface area contributed by atoms with Crippen molar-refractivity contribution in [2.75, 3.05) is 51.3 Å². The third-order valence-electron chi connectivity index (χ3n) is 7.53. The summed E-state index contributed by atoms with van der Waals surface area (Å²) in [4.78, 5) is 39.8. The molecule has 1 amide bonds. The Kier molecular flexibility index (Phi) is 11.9. The number of hydrogen-bond acceptors (Lipinski definition) is 9. The van der Waals surface area contributed by atoms with Gasteiger partial charge in [-0.1, -0.05) is 53.5 Å². The van der Waals surface area contributed by atoms with Crippen molar-refractivity contribution in [3.63, 3.8) is 0 Å². The summed E-state index contributed by atoms with van der Waals surface area (Å²) in [6, 6.07) is 22.1. The van der Waals surface area contributed by atoms with Crippen LogP contribution in [0.1, 0.15) is 24.5 Å². The zero-order chi connectivity index (χ0) is 33.2. The Bertz CT molecular complexity index is 1630. The molecule has 1 aliphatic rings. The maximum Gasteiger partial charge on any atom is 0.410 e. The summed E-state index contributed by atoms with van der Waals surface area (Å²) in [6.45, 7) is 6.59. The van der Waals surface area contributed by atoms with Crippen LogP contribution >= 0.6 is 23.2 Å². The van der Waals surface area contributed by atoms with Crippen LogP contribution < -0.4 is 9.64 Å². The first-order chi connectivity index (χ1) is 22.7. The number of ether oxygens (including phenoxy) is 3. The van der Waals surface area contributed by atoms with Gasteiger partial charge in [0.25, 0.3) is 0 Å². The first kappa shape index (κ1) is 34.0. The number of nitrogens with zero attached hydrogens (tertiary/aromatic N) is 5. The molecule has 0 unspecified atom stereocenters. The van der Waals surface area contributed by atoms with Gasteiger partial charge in [-0.05, 0) is 54.4 Å². The number of carbonyl (C=O) groups excluding carboxylic acids is 2. The van der Waals surface area contributed by atoms with Gasteiger partial charge in [-0.25, -0.2) is 14.8 Å². The molecule has 4 aromatic rings. The van der Waals surface area contributed by atoms with Gasteiger partial charge >= 0.3 is 12.1 Å². The first-order valence-electron chi connectivity index (χ1n) is 15.4. The molecule has 47 heavy (non-hydrogen) atoms. The molecule has 1 fully saturated rings. The summed E-state index contributed by atoms with van der Waals surface area (Å²) in [5.41, 5.74) is 2.96. The smallest absolute Gasteiger partial charge is 0.410 e. The van der Waals surface area contributed by atoms with E-state index in [9.17, 15) is 9.59 Å². The quantitative estimate of drug-likeness (QED) is 0.146. The summed E-state index contributed by atoms with van der Waals surface area (Å²) in [6.07, 6.45) is 1.61. The lowest BCUT2D eigenvalue weighted by atomic mass is 10.1. The van der Waals surface area contributed by atoms with Gasteiger partial charge in [-0.15, -0.1) is 0 Å². The second-order valence-corrected chi connectivity index (χ2v) is 12.0. The van der Waals surface area contributed by atoms with Crippen LogP contribution in [-0.4, -0.2) is 78.2 Å². The fourth-order valence-corrected chi connectivity index (χ4v) is 5.67. The Balaban J connectivity index is 1.26. The number of rotatable bonds is 12. The number of amides is 1. The van der Waals surface area contributed by atoms with Crippen molar-refractivity contribution in [3.05, 3.63) is 100 Å². The number of esters is 1. The zero-order valence-electron chi connectivity index (χ0n) is 26.4. The fourth-order valence-electron chi connectivity index (χ4n) is 5.14. The maximum absolute atomic E-state index is 12.8. The molecule has 0 radical (unpaired) electrons. The van der Waals surface area contributed by atoms with Crippen LogP contribution in [-0.2, 0) is 27.4 Å². The largest absolute Gasteiger partial charge is 0.466 e. The van der Waals surface area contributed by atoms with Gasteiger partial charge in [0.15, 0.2) is 0 Å². The van der Waals surface area contributed by atoms with Crippen molar-refractivity contribution in [3.8, 4) is 22.9 Å². The molecule has 1 saturated heterocycles. The second kappa shape index (κ2) is 16.4. The Morgan fingerprint density at radius 3 is 2.32 bits per heavy atom. The normalized spacial score (nSPS) is 13.2. The van der Waals surface area contributed by atoms with Gasteiger partial charge in [0, 0.05) is 68.0 Å². The van der Waals surface area contributed by atoms with Gasteiger partial charge in [-0.2, -0.15) is 0 Å². The van der Waals surface area contributed by atoms with Gasteiger partial charge < -0.3 is 24.0 Å². The highest BCUT2D eigenvalue weighted by Gasteiger charge is 2.19. The molecular weight excluding hydrogens is 641 g/mol. The average molecular weight is 679 g/mol. The molecule has 2 aromatic heterocycles. The van der Waals surface area contributed by atoms with E-state index in [1.807, 2.05) is 55.5 Å². The van der Waals surface area contributed by atoms with E-state index in [0.717, 1.165) is 43.1 Å². The molecule has 10 nitrogen and oxygen atoms in total. The van der Waals surface area contributed by atoms with Crippen LogP contribution in [0.25, 0.3) is 11.3 Å². The van der Waals surface area contributed by atoms with E-state index in [0.29, 0.717) is 52.5 Å². The number of carbonyl (C=O) groups is 2. The third kappa shape index (κ3) is 10.1. The molecule has 12 heteroatoms. The molecule has 0 atom stereocenters. The zero-order valence-corrected chi connectivity index (χ0v) is 27.9. The number of anilines is 1. The molecule has 0 bridgehead atoms. The number of benzene rings is 2. The Labute approximate surface area is 284 Å². The minimum absolute atomic E-state index is 0.163. The van der Waals surface area contributed by atoms with E-state index >= 15 is 0 Å². The van der Waals surface area contributed by atoms with Crippen LogP contribution in [0.15, 0.2) is 79.0 Å². The number of pyridine rings is 2. The number of hydrogen-bond donors (Lipinski definition) is 0. The predicted molar refractivity (Wildman–Crippen MR) is 182 cm³/mol. The lowest BCUT2D eigenvalue weighted by Gasteiger charge is -2.35. The minimum Gasteiger partial charge on any atom is -0.466 e. The van der Waals surface area contributed by atoms with E-state index in [-0.39, 0.29) is 19.1 Å². The number of piperazine rings is 1. The van der Waals surface area contributed by atoms with E-state index in [1.165, 1.54) is 4.90 Å². The highest BCUT2D eigenvalue weighted by Crippen LogP contribution is 2.30. The predicted octanol–water partition coefficient (Wildman–Crippen LogP) is 7.09. The maximum atomic E-state index is 12.8. The van der Waals surface area contributed by atoms with Crippen LogP contribution in [0.4, 0.5) is 10.6 Å². The SMILES string of the molecule is CCOC(=O)CCN1CCN(c2ccc(Oc3cc(CN(C)C(=O)OCc4ccccc4)cc(-c4cc(Cl)cc(Cl)c4)n3)cn2)CC1. The van der Waals surface area contributed by atoms with Crippen molar-refractivity contribution in [1.82, 2.24) is 19.8 Å². The van der Waals surface area contributed by atoms with E-state index in [2.05, 4.69) is 14.8 Å². The summed E-state index contributed by atoms with van der Waals surface area (Å²) in [7, 11) is 1.67. The summed E-state index contributed by atoms with van der Waals surface area (Å²) in [5, 5.41) is 0.951.